The van der Waals surface area contributed by atoms with Gasteiger partial charge in [0.1, 0.15) is 5.60 Å². The van der Waals surface area contributed by atoms with Gasteiger partial charge >= 0.3 is 12.1 Å². The molecular weight excluding hydrogens is 650 g/mol. The first-order valence-electron chi connectivity index (χ1n) is 17.2. The smallest absolute Gasteiger partial charge is 0.410 e. The van der Waals surface area contributed by atoms with Crippen molar-refractivity contribution in [2.75, 3.05) is 62.3 Å². The monoisotopic (exact) mass is 695 g/mol. The molecule has 0 aliphatic carbocycles. The maximum Gasteiger partial charge on any atom is 0.410 e. The Bertz CT molecular complexity index is 1840. The number of amides is 2. The number of carbonyl (C=O) groups is 3. The molecule has 2 saturated heterocycles. The summed E-state index contributed by atoms with van der Waals surface area (Å²) in [5, 5.41) is 7.47. The number of hydrogen-bond donors (Lipinski definition) is 2. The predicted octanol–water partition coefficient (Wildman–Crippen LogP) is 4.78. The lowest BCUT2D eigenvalue weighted by Gasteiger charge is -2.34. The Morgan fingerprint density at radius 3 is 2.37 bits per heavy atom. The van der Waals surface area contributed by atoms with Crippen molar-refractivity contribution in [2.24, 2.45) is 0 Å². The number of piperidine rings is 1. The number of carbonyl (C=O) groups excluding carboxylic acids is 3. The van der Waals surface area contributed by atoms with Crippen LogP contribution in [0.15, 0.2) is 73.2 Å². The maximum absolute atomic E-state index is 13.7. The first-order valence-corrected chi connectivity index (χ1v) is 17.2. The summed E-state index contributed by atoms with van der Waals surface area (Å²) in [5.74, 6) is -1.54. The quantitative estimate of drug-likeness (QED) is 0.244. The van der Waals surface area contributed by atoms with Gasteiger partial charge in [0, 0.05) is 68.0 Å². The van der Waals surface area contributed by atoms with E-state index >= 15 is 0 Å². The summed E-state index contributed by atoms with van der Waals surface area (Å²) in [4.78, 5) is 54.9. The van der Waals surface area contributed by atoms with E-state index in [0.29, 0.717) is 48.4 Å². The summed E-state index contributed by atoms with van der Waals surface area (Å²) in [5.41, 5.74) is 8.44. The first kappa shape index (κ1) is 35.3. The van der Waals surface area contributed by atoms with E-state index in [1.807, 2.05) is 55.9 Å². The molecule has 1 atom stereocenters. The molecule has 2 aromatic carbocycles. The third-order valence-electron chi connectivity index (χ3n) is 8.93. The van der Waals surface area contributed by atoms with E-state index in [9.17, 15) is 14.4 Å². The van der Waals surface area contributed by atoms with Crippen molar-refractivity contribution in [1.82, 2.24) is 29.5 Å². The summed E-state index contributed by atoms with van der Waals surface area (Å²) in [6.07, 6.45) is 4.74. The minimum Gasteiger partial charge on any atom is -0.444 e. The highest BCUT2D eigenvalue weighted by Crippen LogP contribution is 2.28. The van der Waals surface area contributed by atoms with Crippen LogP contribution in [-0.4, -0.2) is 99.4 Å². The average Bonchev–Trinajstić information content (AvgIpc) is 3.61. The van der Waals surface area contributed by atoms with E-state index in [4.69, 9.17) is 15.2 Å². The molecule has 0 spiro atoms. The standard InChI is InChI=1S/C37H45N9O5/c1-37(2,3)51-36(49)45-15-13-28(14-16-45)46-24-26(22-40-46)30-23-39-33(38)31(42-30)35(48)50-32(25-9-6-5-7-10-25)34(47)41-27-11-8-12-29(21-27)44-19-17-43(4)18-20-44/h5-12,21-24,28,32H,13-20H2,1-4H3,(H2,38,39)(H,41,47)/t32-/m1/s1. The average molecular weight is 696 g/mol. The van der Waals surface area contributed by atoms with Gasteiger partial charge in [-0.1, -0.05) is 36.4 Å². The van der Waals surface area contributed by atoms with Crippen LogP contribution < -0.4 is 16.0 Å². The Morgan fingerprint density at radius 1 is 0.941 bits per heavy atom. The zero-order chi connectivity index (χ0) is 36.1. The largest absolute Gasteiger partial charge is 0.444 e. The highest BCUT2D eigenvalue weighted by molar-refractivity contribution is 5.99. The third kappa shape index (κ3) is 8.81. The van der Waals surface area contributed by atoms with Crippen LogP contribution >= 0.6 is 0 Å². The van der Waals surface area contributed by atoms with E-state index < -0.39 is 23.6 Å². The van der Waals surface area contributed by atoms with Gasteiger partial charge in [-0.3, -0.25) is 9.48 Å². The zero-order valence-corrected chi connectivity index (χ0v) is 29.5. The lowest BCUT2D eigenvalue weighted by molar-refractivity contribution is -0.125. The molecule has 2 fully saturated rings. The fourth-order valence-electron chi connectivity index (χ4n) is 6.11. The van der Waals surface area contributed by atoms with E-state index in [2.05, 4.69) is 37.2 Å². The van der Waals surface area contributed by atoms with Crippen LogP contribution in [0.5, 0.6) is 0 Å². The molecule has 14 heteroatoms. The molecular formula is C37H45N9O5. The summed E-state index contributed by atoms with van der Waals surface area (Å²) < 4.78 is 13.2. The molecule has 2 amide bonds. The van der Waals surface area contributed by atoms with Crippen LogP contribution in [0.1, 0.15) is 61.8 Å². The van der Waals surface area contributed by atoms with Crippen LogP contribution in [-0.2, 0) is 14.3 Å². The minimum atomic E-state index is -1.29. The number of likely N-dealkylation sites (N-methyl/N-ethyl adjacent to an activating group) is 1. The van der Waals surface area contributed by atoms with Crippen molar-refractivity contribution in [2.45, 2.75) is 51.4 Å². The van der Waals surface area contributed by atoms with Crippen LogP contribution in [0, 0.1) is 0 Å². The molecule has 6 rings (SSSR count). The molecule has 2 aliphatic rings. The summed E-state index contributed by atoms with van der Waals surface area (Å²) in [7, 11) is 2.10. The number of rotatable bonds is 8. The Balaban J connectivity index is 1.15. The van der Waals surface area contributed by atoms with Gasteiger partial charge in [0.05, 0.1) is 24.1 Å². The van der Waals surface area contributed by atoms with Gasteiger partial charge in [-0.25, -0.2) is 19.6 Å². The van der Waals surface area contributed by atoms with Crippen molar-refractivity contribution in [1.29, 1.82) is 0 Å². The van der Waals surface area contributed by atoms with Crippen molar-refractivity contribution >= 4 is 35.2 Å². The van der Waals surface area contributed by atoms with Crippen LogP contribution in [0.25, 0.3) is 11.3 Å². The third-order valence-corrected chi connectivity index (χ3v) is 8.93. The van der Waals surface area contributed by atoms with Crippen molar-refractivity contribution in [3.63, 3.8) is 0 Å². The number of nitrogens with two attached hydrogens (primary N) is 1. The Labute approximate surface area is 297 Å². The number of nitrogens with zero attached hydrogens (tertiary/aromatic N) is 7. The number of benzene rings is 2. The molecule has 0 radical (unpaired) electrons. The number of anilines is 3. The predicted molar refractivity (Wildman–Crippen MR) is 193 cm³/mol. The normalized spacial score (nSPS) is 16.4. The van der Waals surface area contributed by atoms with Gasteiger partial charge < -0.3 is 35.2 Å². The second kappa shape index (κ2) is 15.2. The number of nitrogen functional groups attached to an aromatic ring is 1. The van der Waals surface area contributed by atoms with E-state index in [0.717, 1.165) is 31.9 Å². The molecule has 2 aromatic heterocycles. The molecule has 0 bridgehead atoms. The van der Waals surface area contributed by atoms with Crippen molar-refractivity contribution in [3.05, 3.63) is 84.4 Å². The van der Waals surface area contributed by atoms with Crippen molar-refractivity contribution < 1.29 is 23.9 Å². The topological polar surface area (TPSA) is 161 Å². The van der Waals surface area contributed by atoms with Gasteiger partial charge in [0.25, 0.3) is 5.91 Å². The molecule has 3 N–H and O–H groups in total. The zero-order valence-electron chi connectivity index (χ0n) is 29.5. The van der Waals surface area contributed by atoms with Gasteiger partial charge in [-0.05, 0) is 58.9 Å². The van der Waals surface area contributed by atoms with Crippen LogP contribution in [0.4, 0.5) is 22.0 Å². The second-order valence-electron chi connectivity index (χ2n) is 13.9. The summed E-state index contributed by atoms with van der Waals surface area (Å²) in [6, 6.07) is 16.5. The van der Waals surface area contributed by atoms with E-state index in [-0.39, 0.29) is 23.6 Å². The number of esters is 1. The van der Waals surface area contributed by atoms with E-state index in [1.165, 1.54) is 6.20 Å². The van der Waals surface area contributed by atoms with Gasteiger partial charge in [-0.15, -0.1) is 0 Å². The maximum atomic E-state index is 13.7. The molecule has 4 aromatic rings. The SMILES string of the molecule is CN1CCN(c2cccc(NC(=O)[C@H](OC(=O)c3nc(-c4cnn(C5CCN(C(=O)OC(C)(C)C)CC5)c4)cnc3N)c3ccccc3)c2)CC1. The lowest BCUT2D eigenvalue weighted by atomic mass is 10.1. The van der Waals surface area contributed by atoms with Crippen molar-refractivity contribution in [3.8, 4) is 11.3 Å². The van der Waals surface area contributed by atoms with Gasteiger partial charge in [-0.2, -0.15) is 5.10 Å². The minimum absolute atomic E-state index is 0.0657. The summed E-state index contributed by atoms with van der Waals surface area (Å²) >= 11 is 0. The number of likely N-dealkylation sites (tertiary alicyclic amines) is 1. The molecule has 14 nitrogen and oxygen atoms in total. The second-order valence-corrected chi connectivity index (χ2v) is 13.9. The Morgan fingerprint density at radius 2 is 1.67 bits per heavy atom. The number of aromatic nitrogens is 4. The molecule has 2 aliphatic heterocycles. The number of piperazine rings is 1. The highest BCUT2D eigenvalue weighted by Gasteiger charge is 2.30. The van der Waals surface area contributed by atoms with Gasteiger partial charge in [0.15, 0.2) is 11.5 Å². The number of nitrogens with one attached hydrogen (secondary N) is 1. The number of ether oxygens (including phenoxy) is 2. The molecule has 0 saturated carbocycles. The van der Waals surface area contributed by atoms with E-state index in [1.54, 1.807) is 41.4 Å². The van der Waals surface area contributed by atoms with Crippen LogP contribution in [0.2, 0.25) is 0 Å². The first-order chi connectivity index (χ1) is 24.4. The van der Waals surface area contributed by atoms with Crippen LogP contribution in [0.3, 0.4) is 0 Å². The molecule has 0 unspecified atom stereocenters. The molecule has 51 heavy (non-hydrogen) atoms. The lowest BCUT2D eigenvalue weighted by Crippen LogP contribution is -2.44. The highest BCUT2D eigenvalue weighted by atomic mass is 16.6. The fraction of sp³-hybridized carbons (Fsp3) is 0.405. The number of hydrogen-bond acceptors (Lipinski definition) is 11. The fourth-order valence-corrected chi connectivity index (χ4v) is 6.11. The Kier molecular flexibility index (Phi) is 10.5. The molecule has 268 valence electrons. The molecule has 4 heterocycles. The van der Waals surface area contributed by atoms with Gasteiger partial charge in [0.2, 0.25) is 6.10 Å². The summed E-state index contributed by atoms with van der Waals surface area (Å²) in [6.45, 7) is 10.3. The Hall–Kier alpha value is -5.50.